The van der Waals surface area contributed by atoms with E-state index in [0.29, 0.717) is 23.7 Å². The molecule has 20 heavy (non-hydrogen) atoms. The molecule has 2 rings (SSSR count). The summed E-state index contributed by atoms with van der Waals surface area (Å²) in [6, 6.07) is 5.26. The Hall–Kier alpha value is -2.63. The molecule has 0 spiro atoms. The molecule has 3 N–H and O–H groups in total. The van der Waals surface area contributed by atoms with E-state index in [2.05, 4.69) is 15.3 Å². The number of hydrogen-bond acceptors (Lipinski definition) is 6. The van der Waals surface area contributed by atoms with Crippen molar-refractivity contribution >= 4 is 23.2 Å². The molecule has 0 aliphatic rings. The maximum Gasteiger partial charge on any atom is 0.341 e. The fourth-order valence-electron chi connectivity index (χ4n) is 1.62. The van der Waals surface area contributed by atoms with Crippen LogP contribution < -0.4 is 11.1 Å². The van der Waals surface area contributed by atoms with E-state index in [0.717, 1.165) is 11.4 Å². The number of carbonyl (C=O) groups excluding carboxylic acids is 1. The molecule has 2 aromatic heterocycles. The van der Waals surface area contributed by atoms with E-state index in [1.165, 1.54) is 12.3 Å². The zero-order chi connectivity index (χ0) is 14.5. The SMILES string of the molecule is CCOC(=O)c1cc(N)cnc1Nc1ccc(C)nc1. The zero-order valence-corrected chi connectivity index (χ0v) is 11.4. The number of anilines is 3. The van der Waals surface area contributed by atoms with E-state index >= 15 is 0 Å². The lowest BCUT2D eigenvalue weighted by molar-refractivity contribution is 0.0527. The molecule has 0 aliphatic heterocycles. The van der Waals surface area contributed by atoms with Crippen LogP contribution in [0.5, 0.6) is 0 Å². The molecular formula is C14H16N4O2. The van der Waals surface area contributed by atoms with Crippen molar-refractivity contribution in [2.24, 2.45) is 0 Å². The normalized spacial score (nSPS) is 10.1. The van der Waals surface area contributed by atoms with Gasteiger partial charge >= 0.3 is 5.97 Å². The number of nitrogens with one attached hydrogen (secondary N) is 1. The van der Waals surface area contributed by atoms with Crippen molar-refractivity contribution in [3.63, 3.8) is 0 Å². The van der Waals surface area contributed by atoms with Crippen LogP contribution in [0.4, 0.5) is 17.2 Å². The molecule has 0 amide bonds. The maximum atomic E-state index is 11.9. The Morgan fingerprint density at radius 1 is 1.35 bits per heavy atom. The molecular weight excluding hydrogens is 256 g/mol. The standard InChI is InChI=1S/C14H16N4O2/c1-3-20-14(19)12-6-10(15)7-17-13(12)18-11-5-4-9(2)16-8-11/h4-8H,3,15H2,1-2H3,(H,17,18). The first kappa shape index (κ1) is 13.8. The molecule has 6 nitrogen and oxygen atoms in total. The smallest absolute Gasteiger partial charge is 0.341 e. The first-order valence-electron chi connectivity index (χ1n) is 6.22. The summed E-state index contributed by atoms with van der Waals surface area (Å²) in [5, 5.41) is 3.04. The van der Waals surface area contributed by atoms with Gasteiger partial charge in [-0.2, -0.15) is 0 Å². The van der Waals surface area contributed by atoms with Crippen LogP contribution in [-0.2, 0) is 4.74 Å². The van der Waals surface area contributed by atoms with Gasteiger partial charge in [0.25, 0.3) is 0 Å². The van der Waals surface area contributed by atoms with Crippen LogP contribution >= 0.6 is 0 Å². The van der Waals surface area contributed by atoms with Gasteiger partial charge in [0.2, 0.25) is 0 Å². The Labute approximate surface area is 117 Å². The average Bonchev–Trinajstić information content (AvgIpc) is 2.43. The van der Waals surface area contributed by atoms with Gasteiger partial charge < -0.3 is 15.8 Å². The molecule has 0 radical (unpaired) electrons. The van der Waals surface area contributed by atoms with E-state index in [1.807, 2.05) is 19.1 Å². The number of nitrogens with two attached hydrogens (primary N) is 1. The number of esters is 1. The van der Waals surface area contributed by atoms with Crippen molar-refractivity contribution in [1.29, 1.82) is 0 Å². The minimum Gasteiger partial charge on any atom is -0.462 e. The van der Waals surface area contributed by atoms with Crippen molar-refractivity contribution in [2.45, 2.75) is 13.8 Å². The van der Waals surface area contributed by atoms with Crippen molar-refractivity contribution in [1.82, 2.24) is 9.97 Å². The van der Waals surface area contributed by atoms with Crippen LogP contribution in [0.1, 0.15) is 23.0 Å². The highest BCUT2D eigenvalue weighted by molar-refractivity contribution is 5.96. The van der Waals surface area contributed by atoms with E-state index in [4.69, 9.17) is 10.5 Å². The molecule has 2 heterocycles. The van der Waals surface area contributed by atoms with Crippen LogP contribution in [0.15, 0.2) is 30.6 Å². The monoisotopic (exact) mass is 272 g/mol. The lowest BCUT2D eigenvalue weighted by atomic mass is 10.2. The highest BCUT2D eigenvalue weighted by Crippen LogP contribution is 2.21. The van der Waals surface area contributed by atoms with Crippen molar-refractivity contribution < 1.29 is 9.53 Å². The number of carbonyl (C=O) groups is 1. The number of ether oxygens (including phenoxy) is 1. The number of aryl methyl sites for hydroxylation is 1. The predicted octanol–water partition coefficient (Wildman–Crippen LogP) is 2.29. The van der Waals surface area contributed by atoms with Crippen LogP contribution in [0.3, 0.4) is 0 Å². The molecule has 0 saturated heterocycles. The molecule has 0 aromatic carbocycles. The fraction of sp³-hybridized carbons (Fsp3) is 0.214. The average molecular weight is 272 g/mol. The maximum absolute atomic E-state index is 11.9. The summed E-state index contributed by atoms with van der Waals surface area (Å²) in [6.07, 6.45) is 3.15. The van der Waals surface area contributed by atoms with Gasteiger partial charge in [-0.3, -0.25) is 4.98 Å². The number of aromatic nitrogens is 2. The van der Waals surface area contributed by atoms with Gasteiger partial charge in [0.15, 0.2) is 0 Å². The van der Waals surface area contributed by atoms with E-state index in [9.17, 15) is 4.79 Å². The third kappa shape index (κ3) is 3.23. The second-order valence-corrected chi connectivity index (χ2v) is 4.20. The van der Waals surface area contributed by atoms with Crippen molar-refractivity contribution in [2.75, 3.05) is 17.7 Å². The predicted molar refractivity (Wildman–Crippen MR) is 76.9 cm³/mol. The summed E-state index contributed by atoms with van der Waals surface area (Å²) >= 11 is 0. The fourth-order valence-corrected chi connectivity index (χ4v) is 1.62. The first-order chi connectivity index (χ1) is 9.60. The van der Waals surface area contributed by atoms with Crippen LogP contribution in [0, 0.1) is 6.92 Å². The molecule has 0 atom stereocenters. The summed E-state index contributed by atoms with van der Waals surface area (Å²) < 4.78 is 4.99. The molecule has 2 aromatic rings. The van der Waals surface area contributed by atoms with Gasteiger partial charge in [0.1, 0.15) is 11.4 Å². The van der Waals surface area contributed by atoms with E-state index < -0.39 is 5.97 Å². The molecule has 0 fully saturated rings. The second-order valence-electron chi connectivity index (χ2n) is 4.20. The van der Waals surface area contributed by atoms with Crippen LogP contribution in [-0.4, -0.2) is 22.5 Å². The Morgan fingerprint density at radius 2 is 2.15 bits per heavy atom. The number of rotatable bonds is 4. The van der Waals surface area contributed by atoms with Crippen molar-refractivity contribution in [3.8, 4) is 0 Å². The summed E-state index contributed by atoms with van der Waals surface area (Å²) in [7, 11) is 0. The third-order valence-electron chi connectivity index (χ3n) is 2.58. The first-order valence-corrected chi connectivity index (χ1v) is 6.22. The quantitative estimate of drug-likeness (QED) is 0.830. The van der Waals surface area contributed by atoms with Gasteiger partial charge in [-0.15, -0.1) is 0 Å². The van der Waals surface area contributed by atoms with Gasteiger partial charge in [-0.1, -0.05) is 0 Å². The Bertz CT molecular complexity index is 611. The molecule has 104 valence electrons. The van der Waals surface area contributed by atoms with Crippen LogP contribution in [0.2, 0.25) is 0 Å². The Morgan fingerprint density at radius 3 is 2.80 bits per heavy atom. The van der Waals surface area contributed by atoms with Gasteiger partial charge in [-0.25, -0.2) is 9.78 Å². The number of nitrogens with zero attached hydrogens (tertiary/aromatic N) is 2. The largest absolute Gasteiger partial charge is 0.462 e. The number of nitrogen functional groups attached to an aromatic ring is 1. The third-order valence-corrected chi connectivity index (χ3v) is 2.58. The van der Waals surface area contributed by atoms with Gasteiger partial charge in [0.05, 0.1) is 30.4 Å². The number of pyridine rings is 2. The van der Waals surface area contributed by atoms with Crippen molar-refractivity contribution in [3.05, 3.63) is 41.9 Å². The Kier molecular flexibility index (Phi) is 4.14. The molecule has 0 saturated carbocycles. The summed E-state index contributed by atoms with van der Waals surface area (Å²) in [6.45, 7) is 3.93. The summed E-state index contributed by atoms with van der Waals surface area (Å²) in [4.78, 5) is 20.2. The topological polar surface area (TPSA) is 90.1 Å². The second kappa shape index (κ2) is 6.01. The molecule has 0 bridgehead atoms. The summed E-state index contributed by atoms with van der Waals surface area (Å²) in [5.41, 5.74) is 8.01. The molecule has 6 heteroatoms. The number of hydrogen-bond donors (Lipinski definition) is 2. The highest BCUT2D eigenvalue weighted by atomic mass is 16.5. The lowest BCUT2D eigenvalue weighted by Crippen LogP contribution is -2.10. The van der Waals surface area contributed by atoms with Crippen LogP contribution in [0.25, 0.3) is 0 Å². The molecule has 0 unspecified atom stereocenters. The lowest BCUT2D eigenvalue weighted by Gasteiger charge is -2.11. The zero-order valence-electron chi connectivity index (χ0n) is 11.4. The highest BCUT2D eigenvalue weighted by Gasteiger charge is 2.14. The summed E-state index contributed by atoms with van der Waals surface area (Å²) in [5.74, 6) is -0.0711. The van der Waals surface area contributed by atoms with Gasteiger partial charge in [0, 0.05) is 5.69 Å². The van der Waals surface area contributed by atoms with E-state index in [1.54, 1.807) is 13.1 Å². The molecule has 0 aliphatic carbocycles. The minimum absolute atomic E-state index is 0.291. The Balaban J connectivity index is 2.31. The van der Waals surface area contributed by atoms with E-state index in [-0.39, 0.29) is 0 Å². The minimum atomic E-state index is -0.463. The van der Waals surface area contributed by atoms with Gasteiger partial charge in [-0.05, 0) is 32.0 Å².